The minimum atomic E-state index is -0.334. The summed E-state index contributed by atoms with van der Waals surface area (Å²) in [6, 6.07) is 3.55. The third-order valence-electron chi connectivity index (χ3n) is 2.56. The van der Waals surface area contributed by atoms with Crippen LogP contribution in [0.25, 0.3) is 0 Å². The lowest BCUT2D eigenvalue weighted by Crippen LogP contribution is -2.33. The molecule has 4 nitrogen and oxygen atoms in total. The first-order valence-corrected chi connectivity index (χ1v) is 4.81. The van der Waals surface area contributed by atoms with E-state index >= 15 is 0 Å². The summed E-state index contributed by atoms with van der Waals surface area (Å²) < 4.78 is 5.57. The molecule has 0 spiro atoms. The number of aromatic amines is 1. The first kappa shape index (κ1) is 9.94. The van der Waals surface area contributed by atoms with E-state index in [4.69, 9.17) is 10.00 Å². The molecule has 15 heavy (non-hydrogen) atoms. The van der Waals surface area contributed by atoms with Gasteiger partial charge in [-0.15, -0.1) is 0 Å². The van der Waals surface area contributed by atoms with Gasteiger partial charge in [0.15, 0.2) is 0 Å². The number of rotatable bonds is 0. The first-order valence-electron chi connectivity index (χ1n) is 4.81. The standard InChI is InChI=1S/C11H12N2O2/c1-11(2)4-7-3-8(5-12)10(14)13-9(7)6-15-11/h3H,4,6H2,1-2H3,(H,13,14). The monoisotopic (exact) mass is 204 g/mol. The molecule has 1 N–H and O–H groups in total. The van der Waals surface area contributed by atoms with Gasteiger partial charge in [0, 0.05) is 12.1 Å². The van der Waals surface area contributed by atoms with Crippen LogP contribution in [0.2, 0.25) is 0 Å². The second-order valence-electron chi connectivity index (χ2n) is 4.35. The fourth-order valence-corrected chi connectivity index (χ4v) is 1.76. The lowest BCUT2D eigenvalue weighted by molar-refractivity contribution is -0.0421. The number of pyridine rings is 1. The SMILES string of the molecule is CC1(C)Cc2cc(C#N)c(=O)[nH]c2CO1. The van der Waals surface area contributed by atoms with Crippen molar-refractivity contribution in [1.29, 1.82) is 5.26 Å². The summed E-state index contributed by atoms with van der Waals surface area (Å²) in [5.41, 5.74) is 1.41. The van der Waals surface area contributed by atoms with E-state index in [2.05, 4.69) is 4.98 Å². The van der Waals surface area contributed by atoms with Gasteiger partial charge in [0.25, 0.3) is 5.56 Å². The van der Waals surface area contributed by atoms with E-state index in [1.807, 2.05) is 19.9 Å². The van der Waals surface area contributed by atoms with Crippen molar-refractivity contribution in [3.63, 3.8) is 0 Å². The topological polar surface area (TPSA) is 65.9 Å². The Morgan fingerprint density at radius 2 is 2.33 bits per heavy atom. The Balaban J connectivity index is 2.52. The lowest BCUT2D eigenvalue weighted by Gasteiger charge is -2.31. The third kappa shape index (κ3) is 1.79. The van der Waals surface area contributed by atoms with Crippen molar-refractivity contribution in [2.75, 3.05) is 0 Å². The fourth-order valence-electron chi connectivity index (χ4n) is 1.76. The Morgan fingerprint density at radius 1 is 1.60 bits per heavy atom. The Labute approximate surface area is 87.5 Å². The minimum Gasteiger partial charge on any atom is -0.369 e. The number of nitrogens with zero attached hydrogens (tertiary/aromatic N) is 1. The summed E-state index contributed by atoms with van der Waals surface area (Å²) in [7, 11) is 0. The number of fused-ring (bicyclic) bond motifs is 1. The normalized spacial score (nSPS) is 17.9. The van der Waals surface area contributed by atoms with Crippen LogP contribution in [0.4, 0.5) is 0 Å². The molecule has 0 saturated carbocycles. The van der Waals surface area contributed by atoms with Gasteiger partial charge in [-0.25, -0.2) is 0 Å². The van der Waals surface area contributed by atoms with Gasteiger partial charge in [0.05, 0.1) is 12.2 Å². The molecule has 0 atom stereocenters. The molecule has 0 radical (unpaired) electrons. The summed E-state index contributed by atoms with van der Waals surface area (Å²) in [5.74, 6) is 0. The molecule has 0 aromatic carbocycles. The number of aromatic nitrogens is 1. The largest absolute Gasteiger partial charge is 0.369 e. The van der Waals surface area contributed by atoms with Crippen LogP contribution in [0.1, 0.15) is 30.7 Å². The minimum absolute atomic E-state index is 0.173. The Hall–Kier alpha value is -1.60. The Morgan fingerprint density at radius 3 is 3.00 bits per heavy atom. The maximum Gasteiger partial charge on any atom is 0.266 e. The van der Waals surface area contributed by atoms with Gasteiger partial charge in [-0.2, -0.15) is 5.26 Å². The van der Waals surface area contributed by atoms with Crippen LogP contribution in [0.3, 0.4) is 0 Å². The van der Waals surface area contributed by atoms with Gasteiger partial charge < -0.3 is 9.72 Å². The van der Waals surface area contributed by atoms with Gasteiger partial charge >= 0.3 is 0 Å². The molecule has 0 bridgehead atoms. The number of nitriles is 1. The highest BCUT2D eigenvalue weighted by molar-refractivity contribution is 5.34. The number of H-pyrrole nitrogens is 1. The van der Waals surface area contributed by atoms with E-state index < -0.39 is 0 Å². The van der Waals surface area contributed by atoms with Crippen LogP contribution in [-0.2, 0) is 17.8 Å². The molecule has 1 aliphatic heterocycles. The van der Waals surface area contributed by atoms with Crippen molar-refractivity contribution in [2.45, 2.75) is 32.5 Å². The van der Waals surface area contributed by atoms with Crippen LogP contribution in [0.15, 0.2) is 10.9 Å². The molecule has 1 aromatic rings. The second-order valence-corrected chi connectivity index (χ2v) is 4.35. The summed E-state index contributed by atoms with van der Waals surface area (Å²) >= 11 is 0. The highest BCUT2D eigenvalue weighted by Gasteiger charge is 2.26. The van der Waals surface area contributed by atoms with Gasteiger partial charge in [-0.1, -0.05) is 0 Å². The van der Waals surface area contributed by atoms with E-state index in [1.54, 1.807) is 6.07 Å². The molecule has 0 aliphatic carbocycles. The highest BCUT2D eigenvalue weighted by Crippen LogP contribution is 2.25. The molecule has 4 heteroatoms. The first-order chi connectivity index (χ1) is 7.02. The van der Waals surface area contributed by atoms with Crippen LogP contribution < -0.4 is 5.56 Å². The molecule has 2 rings (SSSR count). The molecule has 1 aromatic heterocycles. The Kier molecular flexibility index (Phi) is 2.13. The van der Waals surface area contributed by atoms with Crippen molar-refractivity contribution in [1.82, 2.24) is 4.98 Å². The maximum absolute atomic E-state index is 11.3. The van der Waals surface area contributed by atoms with E-state index in [-0.39, 0.29) is 16.7 Å². The van der Waals surface area contributed by atoms with E-state index in [0.29, 0.717) is 13.0 Å². The second kappa shape index (κ2) is 3.21. The zero-order chi connectivity index (χ0) is 11.1. The Bertz CT molecular complexity index is 494. The summed E-state index contributed by atoms with van der Waals surface area (Å²) in [6.45, 7) is 4.39. The van der Waals surface area contributed by atoms with Crippen LogP contribution in [-0.4, -0.2) is 10.6 Å². The number of hydrogen-bond donors (Lipinski definition) is 1. The van der Waals surface area contributed by atoms with E-state index in [9.17, 15) is 4.79 Å². The maximum atomic E-state index is 11.3. The predicted octanol–water partition coefficient (Wildman–Crippen LogP) is 1.10. The molecule has 1 aliphatic rings. The molecule has 0 saturated heterocycles. The lowest BCUT2D eigenvalue weighted by atomic mass is 9.94. The summed E-state index contributed by atoms with van der Waals surface area (Å²) in [5, 5.41) is 8.75. The molecule has 78 valence electrons. The fraction of sp³-hybridized carbons (Fsp3) is 0.455. The summed E-state index contributed by atoms with van der Waals surface area (Å²) in [6.07, 6.45) is 0.716. The van der Waals surface area contributed by atoms with E-state index in [1.165, 1.54) is 0 Å². The van der Waals surface area contributed by atoms with Crippen LogP contribution in [0.5, 0.6) is 0 Å². The molecule has 0 amide bonds. The van der Waals surface area contributed by atoms with Crippen molar-refractivity contribution in [2.24, 2.45) is 0 Å². The quantitative estimate of drug-likeness (QED) is 0.688. The number of ether oxygens (including phenoxy) is 1. The number of nitrogens with one attached hydrogen (secondary N) is 1. The van der Waals surface area contributed by atoms with Crippen molar-refractivity contribution in [3.8, 4) is 6.07 Å². The van der Waals surface area contributed by atoms with Crippen LogP contribution >= 0.6 is 0 Å². The molecule has 2 heterocycles. The molecule has 0 fully saturated rings. The van der Waals surface area contributed by atoms with Crippen molar-refractivity contribution < 1.29 is 4.74 Å². The molecule has 0 unspecified atom stereocenters. The average molecular weight is 204 g/mol. The highest BCUT2D eigenvalue weighted by atomic mass is 16.5. The third-order valence-corrected chi connectivity index (χ3v) is 2.56. The smallest absolute Gasteiger partial charge is 0.266 e. The summed E-state index contributed by atoms with van der Waals surface area (Å²) in [4.78, 5) is 14.0. The van der Waals surface area contributed by atoms with Crippen LogP contribution in [0, 0.1) is 11.3 Å². The number of hydrogen-bond acceptors (Lipinski definition) is 3. The van der Waals surface area contributed by atoms with Crippen molar-refractivity contribution in [3.05, 3.63) is 33.2 Å². The van der Waals surface area contributed by atoms with Gasteiger partial charge in [-0.05, 0) is 25.5 Å². The van der Waals surface area contributed by atoms with E-state index in [0.717, 1.165) is 11.3 Å². The van der Waals surface area contributed by atoms with Gasteiger partial charge in [-0.3, -0.25) is 4.79 Å². The molecular formula is C11H12N2O2. The zero-order valence-corrected chi connectivity index (χ0v) is 8.76. The zero-order valence-electron chi connectivity index (χ0n) is 8.76. The van der Waals surface area contributed by atoms with Gasteiger partial charge in [0.1, 0.15) is 11.6 Å². The average Bonchev–Trinajstić information content (AvgIpc) is 2.17. The van der Waals surface area contributed by atoms with Gasteiger partial charge in [0.2, 0.25) is 0 Å². The molecular weight excluding hydrogens is 192 g/mol. The predicted molar refractivity (Wildman–Crippen MR) is 54.3 cm³/mol. The van der Waals surface area contributed by atoms with Crippen molar-refractivity contribution >= 4 is 0 Å².